The van der Waals surface area contributed by atoms with E-state index < -0.39 is 0 Å². The third-order valence-corrected chi connectivity index (χ3v) is 4.10. The van der Waals surface area contributed by atoms with Crippen molar-refractivity contribution in [3.63, 3.8) is 0 Å². The van der Waals surface area contributed by atoms with Crippen LogP contribution in [0, 0.1) is 0 Å². The van der Waals surface area contributed by atoms with Gasteiger partial charge in [0.15, 0.2) is 0 Å². The molecule has 0 aliphatic carbocycles. The molecule has 0 N–H and O–H groups in total. The summed E-state index contributed by atoms with van der Waals surface area (Å²) in [6.45, 7) is 6.74. The van der Waals surface area contributed by atoms with E-state index in [1.165, 1.54) is 42.4 Å². The maximum atomic E-state index is 6.10. The Morgan fingerprint density at radius 3 is 2.72 bits per heavy atom. The zero-order valence-electron chi connectivity index (χ0n) is 10.8. The molecule has 0 bridgehead atoms. The number of fused-ring (bicyclic) bond motifs is 1. The van der Waals surface area contributed by atoms with Gasteiger partial charge in [0.2, 0.25) is 0 Å². The lowest BCUT2D eigenvalue weighted by molar-refractivity contribution is 0.332. The van der Waals surface area contributed by atoms with Crippen LogP contribution in [0.15, 0.2) is 24.4 Å². The number of hydrogen-bond donors (Lipinski definition) is 0. The molecule has 1 fully saturated rings. The van der Waals surface area contributed by atoms with Crippen LogP contribution in [0.1, 0.15) is 25.3 Å². The maximum Gasteiger partial charge on any atom is 0.0498 e. The van der Waals surface area contributed by atoms with Crippen molar-refractivity contribution < 1.29 is 0 Å². The zero-order chi connectivity index (χ0) is 12.5. The molecule has 18 heavy (non-hydrogen) atoms. The summed E-state index contributed by atoms with van der Waals surface area (Å²) >= 11 is 6.10. The minimum atomic E-state index is 0.822. The molecule has 0 unspecified atom stereocenters. The number of aromatic nitrogens is 1. The molecule has 2 nitrogen and oxygen atoms in total. The van der Waals surface area contributed by atoms with Crippen molar-refractivity contribution in [3.8, 4) is 0 Å². The number of benzene rings is 1. The minimum Gasteiger partial charge on any atom is -0.347 e. The van der Waals surface area contributed by atoms with Crippen LogP contribution in [-0.4, -0.2) is 22.6 Å². The highest BCUT2D eigenvalue weighted by Gasteiger charge is 2.15. The summed E-state index contributed by atoms with van der Waals surface area (Å²) in [6, 6.07) is 6.24. The van der Waals surface area contributed by atoms with Gasteiger partial charge in [0.25, 0.3) is 0 Å². The summed E-state index contributed by atoms with van der Waals surface area (Å²) in [5.74, 6) is 0. The topological polar surface area (TPSA) is 8.17 Å². The summed E-state index contributed by atoms with van der Waals surface area (Å²) in [4.78, 5) is 2.55. The van der Waals surface area contributed by atoms with Crippen molar-refractivity contribution in [1.29, 1.82) is 0 Å². The van der Waals surface area contributed by atoms with Gasteiger partial charge in [-0.05, 0) is 50.6 Å². The van der Waals surface area contributed by atoms with Crippen LogP contribution in [0.2, 0.25) is 5.02 Å². The Balaban J connectivity index is 2.00. The molecule has 1 aliphatic rings. The molecule has 1 aromatic heterocycles. The average Bonchev–Trinajstić information content (AvgIpc) is 2.98. The van der Waals surface area contributed by atoms with E-state index in [1.54, 1.807) is 0 Å². The molecule has 1 saturated heterocycles. The maximum absolute atomic E-state index is 6.10. The smallest absolute Gasteiger partial charge is 0.0498 e. The Morgan fingerprint density at radius 2 is 2.00 bits per heavy atom. The summed E-state index contributed by atoms with van der Waals surface area (Å²) in [6.07, 6.45) is 4.98. The molecule has 0 spiro atoms. The molecule has 2 aromatic rings. The van der Waals surface area contributed by atoms with E-state index in [0.29, 0.717) is 0 Å². The molecule has 2 heterocycles. The lowest BCUT2D eigenvalue weighted by Gasteiger charge is -2.13. The molecule has 0 radical (unpaired) electrons. The van der Waals surface area contributed by atoms with Crippen molar-refractivity contribution in [3.05, 3.63) is 35.0 Å². The van der Waals surface area contributed by atoms with Crippen LogP contribution >= 0.6 is 11.6 Å². The van der Waals surface area contributed by atoms with Gasteiger partial charge in [0.1, 0.15) is 0 Å². The van der Waals surface area contributed by atoms with Crippen molar-refractivity contribution in [2.24, 2.45) is 0 Å². The monoisotopic (exact) mass is 262 g/mol. The summed E-state index contributed by atoms with van der Waals surface area (Å²) in [7, 11) is 0. The first-order valence-corrected chi connectivity index (χ1v) is 7.15. The second-order valence-corrected chi connectivity index (χ2v) is 5.52. The van der Waals surface area contributed by atoms with E-state index in [0.717, 1.165) is 18.1 Å². The average molecular weight is 263 g/mol. The molecule has 0 atom stereocenters. The van der Waals surface area contributed by atoms with Crippen LogP contribution < -0.4 is 0 Å². The van der Waals surface area contributed by atoms with E-state index >= 15 is 0 Å². The second-order valence-electron chi connectivity index (χ2n) is 5.09. The number of halogens is 1. The quantitative estimate of drug-likeness (QED) is 0.814. The molecule has 1 aromatic carbocycles. The number of likely N-dealkylation sites (tertiary alicyclic amines) is 1. The number of nitrogens with zero attached hydrogens (tertiary/aromatic N) is 2. The van der Waals surface area contributed by atoms with E-state index in [1.807, 2.05) is 6.07 Å². The normalized spacial score (nSPS) is 16.8. The third kappa shape index (κ3) is 2.15. The molecular formula is C15H19ClN2. The Morgan fingerprint density at radius 1 is 1.22 bits per heavy atom. The van der Waals surface area contributed by atoms with Gasteiger partial charge < -0.3 is 4.57 Å². The highest BCUT2D eigenvalue weighted by Crippen LogP contribution is 2.26. The predicted molar refractivity (Wildman–Crippen MR) is 77.1 cm³/mol. The van der Waals surface area contributed by atoms with Gasteiger partial charge in [-0.3, -0.25) is 4.90 Å². The SMILES string of the molecule is CCn1cc(CN2CCCC2)c2ccc(Cl)cc21. The van der Waals surface area contributed by atoms with E-state index in [9.17, 15) is 0 Å². The predicted octanol–water partition coefficient (Wildman–Crippen LogP) is 3.91. The Bertz CT molecular complexity index is 553. The third-order valence-electron chi connectivity index (χ3n) is 3.86. The summed E-state index contributed by atoms with van der Waals surface area (Å²) in [5.41, 5.74) is 2.70. The van der Waals surface area contributed by atoms with Crippen molar-refractivity contribution in [2.75, 3.05) is 13.1 Å². The van der Waals surface area contributed by atoms with Gasteiger partial charge in [0.05, 0.1) is 0 Å². The number of hydrogen-bond acceptors (Lipinski definition) is 1. The highest BCUT2D eigenvalue weighted by atomic mass is 35.5. The fourth-order valence-electron chi connectivity index (χ4n) is 2.91. The van der Waals surface area contributed by atoms with Gasteiger partial charge >= 0.3 is 0 Å². The van der Waals surface area contributed by atoms with Gasteiger partial charge in [0, 0.05) is 35.2 Å². The first-order chi connectivity index (χ1) is 8.78. The highest BCUT2D eigenvalue weighted by molar-refractivity contribution is 6.31. The van der Waals surface area contributed by atoms with E-state index in [4.69, 9.17) is 11.6 Å². The van der Waals surface area contributed by atoms with Crippen molar-refractivity contribution in [2.45, 2.75) is 32.9 Å². The standard InChI is InChI=1S/C15H19ClN2/c1-2-18-11-12(10-17-7-3-4-8-17)14-6-5-13(16)9-15(14)18/h5-6,9,11H,2-4,7-8,10H2,1H3. The summed E-state index contributed by atoms with van der Waals surface area (Å²) < 4.78 is 2.30. The largest absolute Gasteiger partial charge is 0.347 e. The molecule has 0 amide bonds. The second kappa shape index (κ2) is 4.94. The molecule has 3 rings (SSSR count). The number of rotatable bonds is 3. The summed E-state index contributed by atoms with van der Waals surface area (Å²) in [5, 5.41) is 2.18. The van der Waals surface area contributed by atoms with Crippen LogP contribution in [0.3, 0.4) is 0 Å². The number of aryl methyl sites for hydroxylation is 1. The van der Waals surface area contributed by atoms with Gasteiger partial charge in [-0.15, -0.1) is 0 Å². The molecule has 1 aliphatic heterocycles. The van der Waals surface area contributed by atoms with Gasteiger partial charge in [-0.1, -0.05) is 17.7 Å². The zero-order valence-corrected chi connectivity index (χ0v) is 11.6. The van der Waals surface area contributed by atoms with Crippen molar-refractivity contribution >= 4 is 22.5 Å². The van der Waals surface area contributed by atoms with Crippen molar-refractivity contribution in [1.82, 2.24) is 9.47 Å². The van der Waals surface area contributed by atoms with Gasteiger partial charge in [-0.25, -0.2) is 0 Å². The molecule has 3 heteroatoms. The lowest BCUT2D eigenvalue weighted by atomic mass is 10.1. The Hall–Kier alpha value is -0.990. The first kappa shape index (κ1) is 12.1. The van der Waals surface area contributed by atoms with Crippen LogP contribution in [-0.2, 0) is 13.1 Å². The van der Waals surface area contributed by atoms with Crippen LogP contribution in [0.4, 0.5) is 0 Å². The van der Waals surface area contributed by atoms with Crippen LogP contribution in [0.25, 0.3) is 10.9 Å². The van der Waals surface area contributed by atoms with Gasteiger partial charge in [-0.2, -0.15) is 0 Å². The first-order valence-electron chi connectivity index (χ1n) is 6.77. The fourth-order valence-corrected chi connectivity index (χ4v) is 3.08. The molecule has 0 saturated carbocycles. The Kier molecular flexibility index (Phi) is 3.31. The molecular weight excluding hydrogens is 244 g/mol. The lowest BCUT2D eigenvalue weighted by Crippen LogP contribution is -2.18. The fraction of sp³-hybridized carbons (Fsp3) is 0.467. The van der Waals surface area contributed by atoms with E-state index in [-0.39, 0.29) is 0 Å². The van der Waals surface area contributed by atoms with E-state index in [2.05, 4.69) is 34.7 Å². The Labute approximate surface area is 113 Å². The minimum absolute atomic E-state index is 0.822. The van der Waals surface area contributed by atoms with Crippen LogP contribution in [0.5, 0.6) is 0 Å². The molecule has 96 valence electrons.